The Morgan fingerprint density at radius 1 is 1.30 bits per heavy atom. The minimum absolute atomic E-state index is 0.0343. The summed E-state index contributed by atoms with van der Waals surface area (Å²) in [6.07, 6.45) is 3.19. The molecule has 5 heterocycles. The summed E-state index contributed by atoms with van der Waals surface area (Å²) in [5, 5.41) is 13.4. The van der Waals surface area contributed by atoms with E-state index in [9.17, 15) is 14.4 Å². The predicted molar refractivity (Wildman–Crippen MR) is 167 cm³/mol. The number of nitrogens with zero attached hydrogens (tertiary/aromatic N) is 4. The second-order valence-electron chi connectivity index (χ2n) is 11.9. The summed E-state index contributed by atoms with van der Waals surface area (Å²) in [4.78, 5) is 20.9. The van der Waals surface area contributed by atoms with Gasteiger partial charge in [0.05, 0.1) is 21.3 Å². The molecule has 44 heavy (non-hydrogen) atoms. The first kappa shape index (κ1) is 29.2. The Kier molecular flexibility index (Phi) is 7.40. The van der Waals surface area contributed by atoms with Crippen LogP contribution in [0.25, 0.3) is 32.2 Å². The molecule has 3 N–H and O–H groups in total. The average Bonchev–Trinajstić information content (AvgIpc) is 3.61. The van der Waals surface area contributed by atoms with E-state index in [0.29, 0.717) is 0 Å². The van der Waals surface area contributed by atoms with Gasteiger partial charge in [0.25, 0.3) is 5.88 Å². The molecule has 4 aromatic rings. The molecular weight excluding hydrogens is 610 g/mol. The molecule has 9 nitrogen and oxygen atoms in total. The molecule has 7 rings (SSSR count). The average molecular weight is 641 g/mol. The number of rotatable bonds is 5. The molecular formula is C31H31ClF2N6O3S. The van der Waals surface area contributed by atoms with Gasteiger partial charge in [-0.05, 0) is 76.8 Å². The van der Waals surface area contributed by atoms with Crippen molar-refractivity contribution in [1.29, 1.82) is 5.26 Å². The highest BCUT2D eigenvalue weighted by Crippen LogP contribution is 2.50. The number of nitrogens with two attached hydrogens (primary N) is 1. The van der Waals surface area contributed by atoms with E-state index in [4.69, 9.17) is 26.8 Å². The van der Waals surface area contributed by atoms with Crippen molar-refractivity contribution in [2.24, 2.45) is 5.92 Å². The fourth-order valence-corrected chi connectivity index (χ4v) is 8.47. The van der Waals surface area contributed by atoms with E-state index in [0.717, 1.165) is 56.7 Å². The molecule has 3 aliphatic rings. The van der Waals surface area contributed by atoms with Crippen molar-refractivity contribution in [2.75, 3.05) is 39.0 Å². The fraction of sp³-hybridized carbons (Fsp3) is 0.452. The number of hydrogen-bond donors (Lipinski definition) is 2. The highest BCUT2D eigenvalue weighted by Gasteiger charge is 2.38. The van der Waals surface area contributed by atoms with Crippen LogP contribution in [0.3, 0.4) is 0 Å². The van der Waals surface area contributed by atoms with E-state index in [1.165, 1.54) is 12.1 Å². The first-order valence-electron chi connectivity index (χ1n) is 14.8. The quantitative estimate of drug-likeness (QED) is 0.295. The van der Waals surface area contributed by atoms with E-state index < -0.39 is 17.2 Å². The van der Waals surface area contributed by atoms with Crippen LogP contribution in [0.15, 0.2) is 16.9 Å². The van der Waals surface area contributed by atoms with E-state index in [2.05, 4.69) is 15.2 Å². The van der Waals surface area contributed by atoms with E-state index in [1.807, 2.05) is 20.0 Å². The van der Waals surface area contributed by atoms with Gasteiger partial charge in [-0.15, -0.1) is 11.3 Å². The SMILES string of the molecule is C[C@H](Oc1nc2c(F)c(-c3ccc(F)c4sc(N)c(C#N)c34)c(Cl)c3c2n(c1=O)C(C1CCNCC1)CO3)[C@@H]1CCCN1C. The predicted octanol–water partition coefficient (Wildman–Crippen LogP) is 5.46. The standard InChI is InChI=1S/C31H31ClF2N6O3S/c1-14(19-4-3-11-39(19)2)43-30-31(41)40-20(15-7-9-37-10-8-15)13-42-27-23(32)22(24(34)25(38-30)26(27)40)16-5-6-18(33)28-21(16)17(12-35)29(36)44-28/h5-6,14-15,19-20,37H,3-4,7-11,13,36H2,1-2H3/t14-,19-,20?/m0/s1. The number of aromatic nitrogens is 2. The number of piperidine rings is 1. The fourth-order valence-electron chi connectivity index (χ4n) is 7.20. The van der Waals surface area contributed by atoms with Gasteiger partial charge in [-0.3, -0.25) is 14.3 Å². The van der Waals surface area contributed by atoms with Crippen molar-refractivity contribution in [3.05, 3.63) is 44.7 Å². The van der Waals surface area contributed by atoms with Crippen molar-refractivity contribution in [3.8, 4) is 28.8 Å². The second kappa shape index (κ2) is 11.1. The zero-order valence-corrected chi connectivity index (χ0v) is 25.8. The normalized spacial score (nSPS) is 21.5. The summed E-state index contributed by atoms with van der Waals surface area (Å²) < 4.78 is 46.1. The number of nitrogens with one attached hydrogen (secondary N) is 1. The summed E-state index contributed by atoms with van der Waals surface area (Å²) in [6.45, 7) is 4.56. The molecule has 2 saturated heterocycles. The third-order valence-electron chi connectivity index (χ3n) is 9.42. The van der Waals surface area contributed by atoms with Crippen molar-refractivity contribution >= 4 is 49.1 Å². The number of ether oxygens (including phenoxy) is 2. The molecule has 13 heteroatoms. The number of anilines is 1. The molecule has 2 aromatic carbocycles. The number of likely N-dealkylation sites (N-methyl/N-ethyl adjacent to an activating group) is 1. The Bertz CT molecular complexity index is 1920. The van der Waals surface area contributed by atoms with Crippen LogP contribution in [0.5, 0.6) is 11.6 Å². The van der Waals surface area contributed by atoms with Gasteiger partial charge in [-0.1, -0.05) is 17.7 Å². The Balaban J connectivity index is 1.50. The van der Waals surface area contributed by atoms with Crippen LogP contribution < -0.4 is 26.1 Å². The highest BCUT2D eigenvalue weighted by molar-refractivity contribution is 7.23. The second-order valence-corrected chi connectivity index (χ2v) is 13.3. The minimum atomic E-state index is -0.825. The molecule has 2 aromatic heterocycles. The largest absolute Gasteiger partial charge is 0.488 e. The van der Waals surface area contributed by atoms with Crippen LogP contribution >= 0.6 is 22.9 Å². The lowest BCUT2D eigenvalue weighted by molar-refractivity contribution is 0.112. The highest BCUT2D eigenvalue weighted by atomic mass is 35.5. The summed E-state index contributed by atoms with van der Waals surface area (Å²) in [7, 11) is 2.02. The minimum Gasteiger partial charge on any atom is -0.488 e. The van der Waals surface area contributed by atoms with Crippen LogP contribution in [0.1, 0.15) is 44.2 Å². The summed E-state index contributed by atoms with van der Waals surface area (Å²) in [5.74, 6) is -1.39. The number of nitriles is 1. The lowest BCUT2D eigenvalue weighted by Gasteiger charge is -2.36. The van der Waals surface area contributed by atoms with Gasteiger partial charge in [-0.2, -0.15) is 5.26 Å². The van der Waals surface area contributed by atoms with E-state index in [1.54, 1.807) is 4.57 Å². The Labute approximate surface area is 261 Å². The third kappa shape index (κ3) is 4.43. The third-order valence-corrected chi connectivity index (χ3v) is 10.8. The Morgan fingerprint density at radius 2 is 2.07 bits per heavy atom. The molecule has 230 valence electrons. The zero-order valence-electron chi connectivity index (χ0n) is 24.3. The van der Waals surface area contributed by atoms with Crippen molar-refractivity contribution in [2.45, 2.75) is 50.8 Å². The number of fused-ring (bicyclic) bond motifs is 1. The number of likely N-dealkylation sites (tertiary alicyclic amines) is 1. The Hall–Kier alpha value is -3.50. The van der Waals surface area contributed by atoms with Crippen LogP contribution in [0, 0.1) is 28.9 Å². The molecule has 0 amide bonds. The van der Waals surface area contributed by atoms with Gasteiger partial charge < -0.3 is 20.5 Å². The van der Waals surface area contributed by atoms with Crippen molar-refractivity contribution in [1.82, 2.24) is 19.8 Å². The molecule has 0 spiro atoms. The maximum atomic E-state index is 17.0. The van der Waals surface area contributed by atoms with Gasteiger partial charge in [0.1, 0.15) is 40.6 Å². The molecule has 3 atom stereocenters. The molecule has 2 fully saturated rings. The molecule has 0 bridgehead atoms. The topological polar surface area (TPSA) is 118 Å². The van der Waals surface area contributed by atoms with E-state index >= 15 is 4.39 Å². The maximum Gasteiger partial charge on any atom is 0.314 e. The maximum absolute atomic E-state index is 17.0. The van der Waals surface area contributed by atoms with Gasteiger partial charge in [0.2, 0.25) is 0 Å². The lowest BCUT2D eigenvalue weighted by Crippen LogP contribution is -2.43. The summed E-state index contributed by atoms with van der Waals surface area (Å²) >= 11 is 7.84. The number of thiophene rings is 1. The first-order chi connectivity index (χ1) is 21.2. The van der Waals surface area contributed by atoms with Crippen molar-refractivity contribution in [3.63, 3.8) is 0 Å². The number of benzene rings is 2. The molecule has 0 saturated carbocycles. The first-order valence-corrected chi connectivity index (χ1v) is 16.0. The molecule has 0 aliphatic carbocycles. The summed E-state index contributed by atoms with van der Waals surface area (Å²) in [6, 6.07) is 4.29. The lowest BCUT2D eigenvalue weighted by atomic mass is 9.89. The van der Waals surface area contributed by atoms with Crippen molar-refractivity contribution < 1.29 is 18.3 Å². The van der Waals surface area contributed by atoms with Crippen LogP contribution in [0.4, 0.5) is 13.8 Å². The smallest absolute Gasteiger partial charge is 0.314 e. The van der Waals surface area contributed by atoms with Gasteiger partial charge >= 0.3 is 5.56 Å². The summed E-state index contributed by atoms with van der Waals surface area (Å²) in [5.41, 5.74) is 5.74. The molecule has 3 aliphatic heterocycles. The number of halogens is 3. The van der Waals surface area contributed by atoms with Gasteiger partial charge in [0.15, 0.2) is 11.6 Å². The molecule has 0 radical (unpaired) electrons. The van der Waals surface area contributed by atoms with Crippen LogP contribution in [-0.2, 0) is 0 Å². The van der Waals surface area contributed by atoms with Crippen LogP contribution in [-0.4, -0.2) is 59.9 Å². The number of nitrogen functional groups attached to an aromatic ring is 1. The zero-order chi connectivity index (χ0) is 30.9. The van der Waals surface area contributed by atoms with Gasteiger partial charge in [-0.25, -0.2) is 13.8 Å². The Morgan fingerprint density at radius 3 is 2.77 bits per heavy atom. The van der Waals surface area contributed by atoms with Gasteiger partial charge in [0, 0.05) is 17.0 Å². The van der Waals surface area contributed by atoms with E-state index in [-0.39, 0.29) is 90.2 Å². The van der Waals surface area contributed by atoms with Crippen LogP contribution in [0.2, 0.25) is 5.02 Å². The monoisotopic (exact) mass is 640 g/mol. The molecule has 1 unspecified atom stereocenters. The number of hydrogen-bond acceptors (Lipinski definition) is 9.